The molecule has 0 aromatic rings. The summed E-state index contributed by atoms with van der Waals surface area (Å²) in [6.07, 6.45) is 0. The van der Waals surface area contributed by atoms with Crippen LogP contribution in [0.1, 0.15) is 55.4 Å². The van der Waals surface area contributed by atoms with Gasteiger partial charge in [-0.3, -0.25) is 0 Å². The molecule has 0 N–H and O–H groups in total. The third-order valence-corrected chi connectivity index (χ3v) is 0.542. The molecular formula is C10H24O2. The standard InChI is InChI=1S/C8H18O2.C2H6/c1-7(2,3)9-10-8(4,5)6;1-2/h1-6H3;1-2H3. The van der Waals surface area contributed by atoms with Gasteiger partial charge >= 0.3 is 0 Å². The van der Waals surface area contributed by atoms with E-state index in [9.17, 15) is 0 Å². The molecule has 0 aromatic carbocycles. The minimum atomic E-state index is -0.215. The summed E-state index contributed by atoms with van der Waals surface area (Å²) in [6, 6.07) is 0. The van der Waals surface area contributed by atoms with Crippen molar-refractivity contribution in [2.45, 2.75) is 66.6 Å². The van der Waals surface area contributed by atoms with E-state index in [0.717, 1.165) is 0 Å². The van der Waals surface area contributed by atoms with E-state index in [1.165, 1.54) is 0 Å². The van der Waals surface area contributed by atoms with Crippen molar-refractivity contribution in [1.82, 2.24) is 0 Å². The topological polar surface area (TPSA) is 18.5 Å². The molecule has 0 fully saturated rings. The van der Waals surface area contributed by atoms with Crippen LogP contribution in [0.15, 0.2) is 0 Å². The quantitative estimate of drug-likeness (QED) is 0.449. The second-order valence-electron chi connectivity index (χ2n) is 4.39. The van der Waals surface area contributed by atoms with Gasteiger partial charge in [0.15, 0.2) is 0 Å². The van der Waals surface area contributed by atoms with E-state index in [-0.39, 0.29) is 11.2 Å². The molecule has 0 aromatic heterocycles. The summed E-state index contributed by atoms with van der Waals surface area (Å²) in [6.45, 7) is 15.7. The molecule has 0 atom stereocenters. The van der Waals surface area contributed by atoms with Crippen molar-refractivity contribution in [1.29, 1.82) is 0 Å². The maximum Gasteiger partial charge on any atom is 0.0952 e. The molecule has 2 heteroatoms. The highest BCUT2D eigenvalue weighted by Crippen LogP contribution is 2.14. The molecule has 0 bridgehead atoms. The van der Waals surface area contributed by atoms with E-state index in [1.54, 1.807) is 0 Å². The largest absolute Gasteiger partial charge is 0.230 e. The summed E-state index contributed by atoms with van der Waals surface area (Å²) < 4.78 is 0. The van der Waals surface area contributed by atoms with E-state index in [1.807, 2.05) is 55.4 Å². The van der Waals surface area contributed by atoms with Crippen molar-refractivity contribution < 1.29 is 9.78 Å². The SMILES string of the molecule is CC.CC(C)(C)OOC(C)(C)C. The molecule has 76 valence electrons. The van der Waals surface area contributed by atoms with Crippen molar-refractivity contribution in [2.24, 2.45) is 0 Å². The monoisotopic (exact) mass is 176 g/mol. The van der Waals surface area contributed by atoms with Gasteiger partial charge in [-0.05, 0) is 41.5 Å². The fourth-order valence-corrected chi connectivity index (χ4v) is 0.250. The third-order valence-electron chi connectivity index (χ3n) is 0.542. The van der Waals surface area contributed by atoms with Gasteiger partial charge in [0.1, 0.15) is 0 Å². The van der Waals surface area contributed by atoms with E-state index < -0.39 is 0 Å². The zero-order chi connectivity index (χ0) is 10.4. The van der Waals surface area contributed by atoms with Crippen molar-refractivity contribution in [3.05, 3.63) is 0 Å². The Labute approximate surface area is 77.2 Å². The highest BCUT2D eigenvalue weighted by atomic mass is 17.2. The second kappa shape index (κ2) is 5.55. The van der Waals surface area contributed by atoms with Crippen LogP contribution < -0.4 is 0 Å². The molecule has 0 aliphatic rings. The maximum atomic E-state index is 5.09. The first-order valence-electron chi connectivity index (χ1n) is 4.57. The molecule has 0 amide bonds. The third kappa shape index (κ3) is 16.5. The van der Waals surface area contributed by atoms with Crippen LogP contribution in [0.3, 0.4) is 0 Å². The van der Waals surface area contributed by atoms with E-state index >= 15 is 0 Å². The molecule has 0 heterocycles. The highest BCUT2D eigenvalue weighted by Gasteiger charge is 2.18. The second-order valence-corrected chi connectivity index (χ2v) is 4.39. The maximum absolute atomic E-state index is 5.09. The Hall–Kier alpha value is -0.0800. The smallest absolute Gasteiger partial charge is 0.0952 e. The van der Waals surface area contributed by atoms with E-state index in [0.29, 0.717) is 0 Å². The van der Waals surface area contributed by atoms with Crippen LogP contribution in [0.25, 0.3) is 0 Å². The Bertz CT molecular complexity index is 81.4. The molecule has 0 saturated carbocycles. The molecule has 0 rings (SSSR count). The summed E-state index contributed by atoms with van der Waals surface area (Å²) in [5, 5.41) is 0. The van der Waals surface area contributed by atoms with Gasteiger partial charge in [0.2, 0.25) is 0 Å². The Morgan fingerprint density at radius 1 is 0.583 bits per heavy atom. The predicted molar refractivity (Wildman–Crippen MR) is 53.0 cm³/mol. The molecular weight excluding hydrogens is 152 g/mol. The van der Waals surface area contributed by atoms with Crippen LogP contribution in [0.5, 0.6) is 0 Å². The summed E-state index contributed by atoms with van der Waals surface area (Å²) in [7, 11) is 0. The number of hydrogen-bond donors (Lipinski definition) is 0. The fraction of sp³-hybridized carbons (Fsp3) is 1.00. The van der Waals surface area contributed by atoms with Crippen LogP contribution in [-0.4, -0.2) is 11.2 Å². The number of hydrogen-bond acceptors (Lipinski definition) is 2. The predicted octanol–water partition coefficient (Wildman–Crippen LogP) is 3.56. The van der Waals surface area contributed by atoms with Crippen LogP contribution >= 0.6 is 0 Å². The molecule has 0 unspecified atom stereocenters. The fourth-order valence-electron chi connectivity index (χ4n) is 0.250. The summed E-state index contributed by atoms with van der Waals surface area (Å²) in [4.78, 5) is 10.2. The van der Waals surface area contributed by atoms with Crippen molar-refractivity contribution in [2.75, 3.05) is 0 Å². The molecule has 0 aliphatic heterocycles. The van der Waals surface area contributed by atoms with Gasteiger partial charge < -0.3 is 0 Å². The first-order valence-corrected chi connectivity index (χ1v) is 4.57. The van der Waals surface area contributed by atoms with Gasteiger partial charge in [0.25, 0.3) is 0 Å². The molecule has 0 radical (unpaired) electrons. The summed E-state index contributed by atoms with van der Waals surface area (Å²) in [5.41, 5.74) is -0.430. The Morgan fingerprint density at radius 3 is 0.833 bits per heavy atom. The average Bonchev–Trinajstić information content (AvgIpc) is 1.86. The first-order chi connectivity index (χ1) is 5.21. The summed E-state index contributed by atoms with van der Waals surface area (Å²) in [5.74, 6) is 0. The van der Waals surface area contributed by atoms with Gasteiger partial charge in [-0.2, -0.15) is 0 Å². The Balaban J connectivity index is 0. The minimum Gasteiger partial charge on any atom is -0.230 e. The lowest BCUT2D eigenvalue weighted by molar-refractivity contribution is -0.393. The average molecular weight is 176 g/mol. The van der Waals surface area contributed by atoms with Gasteiger partial charge in [0, 0.05) is 0 Å². The zero-order valence-electron chi connectivity index (χ0n) is 9.82. The lowest BCUT2D eigenvalue weighted by Gasteiger charge is -2.24. The van der Waals surface area contributed by atoms with Crippen LogP contribution in [0, 0.1) is 0 Å². The molecule has 0 spiro atoms. The molecule has 0 aliphatic carbocycles. The minimum absolute atomic E-state index is 0.215. The van der Waals surface area contributed by atoms with E-state index in [4.69, 9.17) is 9.78 Å². The van der Waals surface area contributed by atoms with Gasteiger partial charge in [-0.25, -0.2) is 9.78 Å². The number of rotatable bonds is 1. The highest BCUT2D eigenvalue weighted by molar-refractivity contribution is 4.58. The first kappa shape index (κ1) is 14.4. The van der Waals surface area contributed by atoms with Crippen LogP contribution in [0.4, 0.5) is 0 Å². The van der Waals surface area contributed by atoms with Gasteiger partial charge in [-0.15, -0.1) is 0 Å². The molecule has 12 heavy (non-hydrogen) atoms. The molecule has 0 saturated heterocycles. The Kier molecular flexibility index (Phi) is 6.68. The van der Waals surface area contributed by atoms with Gasteiger partial charge in [0.05, 0.1) is 11.2 Å². The van der Waals surface area contributed by atoms with Crippen LogP contribution in [0.2, 0.25) is 0 Å². The van der Waals surface area contributed by atoms with Crippen LogP contribution in [-0.2, 0) is 9.78 Å². The zero-order valence-corrected chi connectivity index (χ0v) is 9.82. The summed E-state index contributed by atoms with van der Waals surface area (Å²) >= 11 is 0. The van der Waals surface area contributed by atoms with Gasteiger partial charge in [-0.1, -0.05) is 13.8 Å². The van der Waals surface area contributed by atoms with Crippen molar-refractivity contribution >= 4 is 0 Å². The van der Waals surface area contributed by atoms with Crippen molar-refractivity contribution in [3.8, 4) is 0 Å². The molecule has 2 nitrogen and oxygen atoms in total. The normalized spacial score (nSPS) is 12.0. The lowest BCUT2D eigenvalue weighted by atomic mass is 10.2. The Morgan fingerprint density at radius 2 is 0.750 bits per heavy atom. The van der Waals surface area contributed by atoms with E-state index in [2.05, 4.69) is 0 Å². The van der Waals surface area contributed by atoms with Crippen molar-refractivity contribution in [3.63, 3.8) is 0 Å². The lowest BCUT2D eigenvalue weighted by Crippen LogP contribution is -2.27.